The highest BCUT2D eigenvalue weighted by molar-refractivity contribution is 7.89. The van der Waals surface area contributed by atoms with Crippen LogP contribution in [0, 0.1) is 0 Å². The molecule has 1 fully saturated rings. The smallest absolute Gasteiger partial charge is 0.243 e. The van der Waals surface area contributed by atoms with Crippen LogP contribution in [0.4, 0.5) is 11.5 Å². The number of piperazine rings is 1. The Labute approximate surface area is 180 Å². The molecule has 1 saturated heterocycles. The molecule has 1 atom stereocenters. The summed E-state index contributed by atoms with van der Waals surface area (Å²) in [6.07, 6.45) is 2.20. The Kier molecular flexibility index (Phi) is 4.67. The number of anilines is 2. The average Bonchev–Trinajstić information content (AvgIpc) is 3.35. The van der Waals surface area contributed by atoms with Gasteiger partial charge in [0.05, 0.1) is 4.90 Å². The minimum absolute atomic E-state index is 0.0312. The number of benzene rings is 1. The molecule has 1 amide bonds. The summed E-state index contributed by atoms with van der Waals surface area (Å²) in [6.45, 7) is 5.33. The molecule has 3 aromatic rings. The molecule has 2 aromatic heterocycles. The number of aromatic nitrogens is 4. The molecule has 31 heavy (non-hydrogen) atoms. The molecule has 4 heterocycles. The third-order valence-electron chi connectivity index (χ3n) is 5.95. The number of nitrogens with zero attached hydrogens (tertiary/aromatic N) is 7. The molecule has 0 spiro atoms. The van der Waals surface area contributed by atoms with E-state index < -0.39 is 10.0 Å². The summed E-state index contributed by atoms with van der Waals surface area (Å²) in [5, 5.41) is 12.3. The van der Waals surface area contributed by atoms with Gasteiger partial charge in [0.1, 0.15) is 12.1 Å². The van der Waals surface area contributed by atoms with Crippen molar-refractivity contribution in [3.05, 3.63) is 42.2 Å². The average molecular weight is 442 g/mol. The second kappa shape index (κ2) is 7.27. The van der Waals surface area contributed by atoms with Crippen molar-refractivity contribution in [1.29, 1.82) is 0 Å². The van der Waals surface area contributed by atoms with Crippen LogP contribution in [0.2, 0.25) is 0 Å². The third kappa shape index (κ3) is 3.33. The van der Waals surface area contributed by atoms with Crippen LogP contribution in [0.1, 0.15) is 19.4 Å². The van der Waals surface area contributed by atoms with E-state index in [1.165, 1.54) is 11.2 Å². The topological polar surface area (TPSA) is 104 Å². The van der Waals surface area contributed by atoms with Crippen molar-refractivity contribution >= 4 is 33.1 Å². The largest absolute Gasteiger partial charge is 0.353 e. The van der Waals surface area contributed by atoms with Gasteiger partial charge in [-0.2, -0.15) is 8.82 Å². The van der Waals surface area contributed by atoms with Gasteiger partial charge in [-0.15, -0.1) is 15.3 Å². The lowest BCUT2D eigenvalue weighted by molar-refractivity contribution is -0.116. The van der Waals surface area contributed by atoms with Crippen molar-refractivity contribution in [2.45, 2.75) is 31.2 Å². The number of fused-ring (bicyclic) bond motifs is 2. The Balaban J connectivity index is 1.33. The van der Waals surface area contributed by atoms with Crippen molar-refractivity contribution < 1.29 is 13.2 Å². The molecule has 11 heteroatoms. The first-order valence-corrected chi connectivity index (χ1v) is 11.6. The van der Waals surface area contributed by atoms with Crippen LogP contribution in [0.3, 0.4) is 0 Å². The normalized spacial score (nSPS) is 19.7. The summed E-state index contributed by atoms with van der Waals surface area (Å²) in [7, 11) is -3.61. The van der Waals surface area contributed by atoms with E-state index >= 15 is 0 Å². The fourth-order valence-corrected chi connectivity index (χ4v) is 5.91. The second-order valence-corrected chi connectivity index (χ2v) is 9.89. The standard InChI is InChI=1S/C20H23N7O3S/c1-14-11-16-12-17(3-4-18(16)27(14)15(2)28)31(29,30)25-9-7-24(8-10-25)20-6-5-19-22-21-13-26(19)23-20/h3-6,12-14H,7-11H2,1-2H3. The van der Waals surface area contributed by atoms with Gasteiger partial charge >= 0.3 is 0 Å². The number of sulfonamides is 1. The van der Waals surface area contributed by atoms with Gasteiger partial charge < -0.3 is 9.80 Å². The summed E-state index contributed by atoms with van der Waals surface area (Å²) >= 11 is 0. The Bertz CT molecular complexity index is 1260. The van der Waals surface area contributed by atoms with Crippen LogP contribution in [0.25, 0.3) is 5.65 Å². The van der Waals surface area contributed by atoms with E-state index in [0.29, 0.717) is 38.2 Å². The van der Waals surface area contributed by atoms with Crippen molar-refractivity contribution in [2.75, 3.05) is 36.0 Å². The van der Waals surface area contributed by atoms with Gasteiger partial charge in [-0.3, -0.25) is 4.79 Å². The lowest BCUT2D eigenvalue weighted by Crippen LogP contribution is -2.49. The molecule has 162 valence electrons. The minimum atomic E-state index is -3.61. The molecule has 2 aliphatic heterocycles. The SMILES string of the molecule is CC(=O)N1c2ccc(S(=O)(=O)N3CCN(c4ccc5nncn5n4)CC3)cc2CC1C. The van der Waals surface area contributed by atoms with Gasteiger partial charge in [0.2, 0.25) is 15.9 Å². The molecule has 1 unspecified atom stereocenters. The van der Waals surface area contributed by atoms with Gasteiger partial charge in [0.25, 0.3) is 0 Å². The number of amides is 1. The Morgan fingerprint density at radius 3 is 2.61 bits per heavy atom. The summed E-state index contributed by atoms with van der Waals surface area (Å²) in [5.74, 6) is 0.733. The molecule has 5 rings (SSSR count). The third-order valence-corrected chi connectivity index (χ3v) is 7.85. The number of hydrogen-bond acceptors (Lipinski definition) is 7. The Morgan fingerprint density at radius 2 is 1.87 bits per heavy atom. The number of hydrogen-bond donors (Lipinski definition) is 0. The molecule has 10 nitrogen and oxygen atoms in total. The monoisotopic (exact) mass is 441 g/mol. The van der Waals surface area contributed by atoms with Crippen LogP contribution in [0.5, 0.6) is 0 Å². The number of carbonyl (C=O) groups excluding carboxylic acids is 1. The van der Waals surface area contributed by atoms with Crippen LogP contribution >= 0.6 is 0 Å². The van der Waals surface area contributed by atoms with Crippen LogP contribution in [-0.4, -0.2) is 70.7 Å². The van der Waals surface area contributed by atoms with Gasteiger partial charge in [-0.25, -0.2) is 8.42 Å². The highest BCUT2D eigenvalue weighted by atomic mass is 32.2. The van der Waals surface area contributed by atoms with Crippen LogP contribution in [0.15, 0.2) is 41.6 Å². The lowest BCUT2D eigenvalue weighted by Gasteiger charge is -2.34. The fraction of sp³-hybridized carbons (Fsp3) is 0.400. The van der Waals surface area contributed by atoms with Gasteiger partial charge in [0.15, 0.2) is 5.65 Å². The quantitative estimate of drug-likeness (QED) is 0.596. The maximum Gasteiger partial charge on any atom is 0.243 e. The molecule has 0 radical (unpaired) electrons. The molecule has 0 saturated carbocycles. The molecular weight excluding hydrogens is 418 g/mol. The molecular formula is C20H23N7O3S. The Hall–Kier alpha value is -3.05. The maximum absolute atomic E-state index is 13.3. The zero-order valence-electron chi connectivity index (χ0n) is 17.3. The first-order chi connectivity index (χ1) is 14.8. The molecule has 0 aliphatic carbocycles. The van der Waals surface area contributed by atoms with E-state index in [1.807, 2.05) is 19.1 Å². The summed E-state index contributed by atoms with van der Waals surface area (Å²) in [4.78, 5) is 16.0. The van der Waals surface area contributed by atoms with Gasteiger partial charge in [-0.1, -0.05) is 0 Å². The molecule has 0 bridgehead atoms. The highest BCUT2D eigenvalue weighted by Gasteiger charge is 2.33. The van der Waals surface area contributed by atoms with Gasteiger partial charge in [0, 0.05) is 44.8 Å². The van der Waals surface area contributed by atoms with E-state index in [1.54, 1.807) is 33.9 Å². The van der Waals surface area contributed by atoms with Crippen molar-refractivity contribution in [2.24, 2.45) is 0 Å². The van der Waals surface area contributed by atoms with E-state index in [0.717, 1.165) is 17.1 Å². The predicted molar refractivity (Wildman–Crippen MR) is 115 cm³/mol. The fourth-order valence-electron chi connectivity index (χ4n) is 4.44. The minimum Gasteiger partial charge on any atom is -0.353 e. The lowest BCUT2D eigenvalue weighted by atomic mass is 10.1. The van der Waals surface area contributed by atoms with Crippen LogP contribution < -0.4 is 9.80 Å². The van der Waals surface area contributed by atoms with E-state index in [2.05, 4.69) is 20.2 Å². The molecule has 2 aliphatic rings. The molecule has 0 N–H and O–H groups in total. The zero-order chi connectivity index (χ0) is 21.8. The second-order valence-electron chi connectivity index (χ2n) is 7.95. The van der Waals surface area contributed by atoms with Gasteiger partial charge in [-0.05, 0) is 49.2 Å². The zero-order valence-corrected chi connectivity index (χ0v) is 18.2. The first-order valence-electron chi connectivity index (χ1n) is 10.2. The van der Waals surface area contributed by atoms with Crippen molar-refractivity contribution in [3.63, 3.8) is 0 Å². The number of rotatable bonds is 3. The van der Waals surface area contributed by atoms with E-state index in [4.69, 9.17) is 0 Å². The maximum atomic E-state index is 13.3. The summed E-state index contributed by atoms with van der Waals surface area (Å²) in [6, 6.07) is 8.82. The summed E-state index contributed by atoms with van der Waals surface area (Å²) < 4.78 is 29.6. The first kappa shape index (κ1) is 19.9. The van der Waals surface area contributed by atoms with Crippen molar-refractivity contribution in [3.8, 4) is 0 Å². The van der Waals surface area contributed by atoms with Crippen LogP contribution in [-0.2, 0) is 21.2 Å². The number of carbonyl (C=O) groups is 1. The Morgan fingerprint density at radius 1 is 1.10 bits per heavy atom. The molecule has 1 aromatic carbocycles. The van der Waals surface area contributed by atoms with E-state index in [-0.39, 0.29) is 16.8 Å². The van der Waals surface area contributed by atoms with E-state index in [9.17, 15) is 13.2 Å². The summed E-state index contributed by atoms with van der Waals surface area (Å²) in [5.41, 5.74) is 2.37. The predicted octanol–water partition coefficient (Wildman–Crippen LogP) is 0.933. The highest BCUT2D eigenvalue weighted by Crippen LogP contribution is 2.34. The van der Waals surface area contributed by atoms with Crippen molar-refractivity contribution in [1.82, 2.24) is 24.1 Å².